The number of rotatable bonds is 15. The Hall–Kier alpha value is -1.01. The zero-order valence-electron chi connectivity index (χ0n) is 19.1. The van der Waals surface area contributed by atoms with Crippen LogP contribution in [-0.4, -0.2) is 25.5 Å². The Labute approximate surface area is 199 Å². The third-order valence-corrected chi connectivity index (χ3v) is 5.07. The van der Waals surface area contributed by atoms with Crippen molar-refractivity contribution in [1.82, 2.24) is 0 Å². The van der Waals surface area contributed by atoms with Crippen molar-refractivity contribution in [2.75, 3.05) is 19.8 Å². The Morgan fingerprint density at radius 2 is 1.73 bits per heavy atom. The van der Waals surface area contributed by atoms with Gasteiger partial charge in [-0.05, 0) is 108 Å². The Balaban J connectivity index is 2.65. The number of aryl methyl sites for hydroxylation is 1. The molecule has 0 aliphatic carbocycles. The van der Waals surface area contributed by atoms with Crippen LogP contribution in [0.4, 0.5) is 0 Å². The van der Waals surface area contributed by atoms with Gasteiger partial charge in [0.2, 0.25) is 0 Å². The van der Waals surface area contributed by atoms with Gasteiger partial charge in [-0.3, -0.25) is 0 Å². The molecule has 4 nitrogen and oxygen atoms in total. The third kappa shape index (κ3) is 11.4. The minimum absolute atomic E-state index is 0.373. The largest absolute Gasteiger partial charge is 0.493 e. The minimum Gasteiger partial charge on any atom is -0.493 e. The fraction of sp³-hybridized carbons (Fsp3) is 0.625. The lowest BCUT2D eigenvalue weighted by atomic mass is 9.96. The fourth-order valence-corrected chi connectivity index (χ4v) is 3.26. The van der Waals surface area contributed by atoms with E-state index in [9.17, 15) is 0 Å². The zero-order valence-corrected chi connectivity index (χ0v) is 22.3. The Bertz CT molecular complexity index is 679. The van der Waals surface area contributed by atoms with Gasteiger partial charge in [0.1, 0.15) is 24.7 Å². The zero-order chi connectivity index (χ0) is 22.4. The molecule has 1 rings (SSSR count). The summed E-state index contributed by atoms with van der Waals surface area (Å²) in [6.45, 7) is 12.4. The second-order valence-electron chi connectivity index (χ2n) is 7.84. The van der Waals surface area contributed by atoms with E-state index in [1.807, 2.05) is 19.9 Å². The van der Waals surface area contributed by atoms with Gasteiger partial charge in [-0.25, -0.2) is 0 Å². The van der Waals surface area contributed by atoms with Crippen LogP contribution in [0.3, 0.4) is 0 Å². The summed E-state index contributed by atoms with van der Waals surface area (Å²) in [6.07, 6.45) is 8.33. The van der Waals surface area contributed by atoms with Crippen molar-refractivity contribution in [1.29, 1.82) is 0 Å². The summed E-state index contributed by atoms with van der Waals surface area (Å²) in [7, 11) is 0. The molecule has 0 saturated carbocycles. The maximum Gasteiger partial charge on any atom is 0.126 e. The van der Waals surface area contributed by atoms with Gasteiger partial charge < -0.3 is 14.3 Å². The van der Waals surface area contributed by atoms with Gasteiger partial charge in [0, 0.05) is 5.56 Å². The highest BCUT2D eigenvalue weighted by Crippen LogP contribution is 2.35. The lowest BCUT2D eigenvalue weighted by Gasteiger charge is -2.20. The SMILES string of the molecule is CCCc1cc(OCC=C(Br)Br)cc(C(C)C)c1OCCCCCCON=C(C)C. The molecule has 30 heavy (non-hydrogen) atoms. The summed E-state index contributed by atoms with van der Waals surface area (Å²) in [5.74, 6) is 2.32. The van der Waals surface area contributed by atoms with Crippen LogP contribution in [-0.2, 0) is 11.3 Å². The first-order valence-electron chi connectivity index (χ1n) is 10.9. The highest BCUT2D eigenvalue weighted by Gasteiger charge is 2.15. The number of unbranched alkanes of at least 4 members (excludes halogenated alkanes) is 3. The maximum absolute atomic E-state index is 6.30. The molecule has 0 aliphatic rings. The summed E-state index contributed by atoms with van der Waals surface area (Å²) < 4.78 is 13.1. The Morgan fingerprint density at radius 1 is 1.03 bits per heavy atom. The lowest BCUT2D eigenvalue weighted by molar-refractivity contribution is 0.139. The summed E-state index contributed by atoms with van der Waals surface area (Å²) in [5, 5.41) is 3.96. The molecule has 0 amide bonds. The standard InChI is InChI=1S/C24H37Br2NO3/c1-6-11-20-16-21(28-15-12-23(25)26)17-22(18(2)3)24(20)29-13-9-7-8-10-14-30-27-19(4)5/h12,16-18H,6-11,13-15H2,1-5H3. The number of halogens is 2. The van der Waals surface area contributed by atoms with Crippen LogP contribution < -0.4 is 9.47 Å². The van der Waals surface area contributed by atoms with Crippen LogP contribution in [0.15, 0.2) is 26.8 Å². The first-order chi connectivity index (χ1) is 14.3. The van der Waals surface area contributed by atoms with Gasteiger partial charge in [-0.15, -0.1) is 0 Å². The Kier molecular flexibility index (Phi) is 14.2. The lowest BCUT2D eigenvalue weighted by Crippen LogP contribution is -2.06. The first-order valence-corrected chi connectivity index (χ1v) is 12.5. The topological polar surface area (TPSA) is 40.0 Å². The molecule has 1 aromatic carbocycles. The van der Waals surface area contributed by atoms with Crippen LogP contribution in [0.1, 0.15) is 83.8 Å². The van der Waals surface area contributed by atoms with Crippen molar-refractivity contribution in [2.24, 2.45) is 5.16 Å². The minimum atomic E-state index is 0.373. The highest BCUT2D eigenvalue weighted by atomic mass is 79.9. The number of nitrogens with zero attached hydrogens (tertiary/aromatic N) is 1. The van der Waals surface area contributed by atoms with E-state index < -0.39 is 0 Å². The smallest absolute Gasteiger partial charge is 0.126 e. The second-order valence-corrected chi connectivity index (χ2v) is 10.6. The number of hydrogen-bond donors (Lipinski definition) is 0. The summed E-state index contributed by atoms with van der Waals surface area (Å²) in [6, 6.07) is 4.26. The van der Waals surface area contributed by atoms with Crippen LogP contribution in [0.5, 0.6) is 11.5 Å². The molecule has 6 heteroatoms. The van der Waals surface area contributed by atoms with Crippen LogP contribution in [0, 0.1) is 0 Å². The molecular formula is C24H37Br2NO3. The van der Waals surface area contributed by atoms with Crippen molar-refractivity contribution >= 4 is 37.6 Å². The number of ether oxygens (including phenoxy) is 2. The van der Waals surface area contributed by atoms with E-state index in [2.05, 4.69) is 69.9 Å². The van der Waals surface area contributed by atoms with E-state index >= 15 is 0 Å². The third-order valence-electron chi connectivity index (χ3n) is 4.42. The maximum atomic E-state index is 6.30. The molecule has 0 radical (unpaired) electrons. The van der Waals surface area contributed by atoms with Crippen molar-refractivity contribution in [3.63, 3.8) is 0 Å². The van der Waals surface area contributed by atoms with Gasteiger partial charge >= 0.3 is 0 Å². The van der Waals surface area contributed by atoms with Gasteiger partial charge in [0.05, 0.1) is 15.7 Å². The van der Waals surface area contributed by atoms with Crippen molar-refractivity contribution in [3.8, 4) is 11.5 Å². The molecule has 1 aromatic rings. The molecule has 0 atom stereocenters. The quantitative estimate of drug-likeness (QED) is 0.127. The fourth-order valence-electron chi connectivity index (χ4n) is 3.00. The normalized spacial score (nSPS) is 10.7. The van der Waals surface area contributed by atoms with E-state index in [1.165, 1.54) is 11.1 Å². The van der Waals surface area contributed by atoms with Crippen LogP contribution in [0.25, 0.3) is 0 Å². The van der Waals surface area contributed by atoms with Gasteiger partial charge in [-0.2, -0.15) is 0 Å². The highest BCUT2D eigenvalue weighted by molar-refractivity contribution is 9.28. The average molecular weight is 547 g/mol. The van der Waals surface area contributed by atoms with E-state index in [0.29, 0.717) is 19.1 Å². The van der Waals surface area contributed by atoms with Crippen molar-refractivity contribution < 1.29 is 14.3 Å². The van der Waals surface area contributed by atoms with E-state index in [1.54, 1.807) is 0 Å². The van der Waals surface area contributed by atoms with Crippen LogP contribution >= 0.6 is 31.9 Å². The van der Waals surface area contributed by atoms with Crippen LogP contribution in [0.2, 0.25) is 0 Å². The molecular weight excluding hydrogens is 510 g/mol. The van der Waals surface area contributed by atoms with Crippen molar-refractivity contribution in [2.45, 2.75) is 79.1 Å². The molecule has 0 saturated heterocycles. The average Bonchev–Trinajstić information content (AvgIpc) is 2.67. The molecule has 0 N–H and O–H groups in total. The summed E-state index contributed by atoms with van der Waals surface area (Å²) in [4.78, 5) is 5.24. The van der Waals surface area contributed by atoms with Gasteiger partial charge in [0.25, 0.3) is 0 Å². The van der Waals surface area contributed by atoms with Crippen molar-refractivity contribution in [3.05, 3.63) is 32.7 Å². The van der Waals surface area contributed by atoms with E-state index in [-0.39, 0.29) is 0 Å². The van der Waals surface area contributed by atoms with E-state index in [4.69, 9.17) is 14.3 Å². The number of hydrogen-bond acceptors (Lipinski definition) is 4. The predicted octanol–water partition coefficient (Wildman–Crippen LogP) is 8.12. The molecule has 0 bridgehead atoms. The molecule has 0 unspecified atom stereocenters. The molecule has 0 spiro atoms. The molecule has 0 aromatic heterocycles. The van der Waals surface area contributed by atoms with Gasteiger partial charge in [-0.1, -0.05) is 32.3 Å². The van der Waals surface area contributed by atoms with E-state index in [0.717, 1.165) is 65.7 Å². The predicted molar refractivity (Wildman–Crippen MR) is 135 cm³/mol. The molecule has 0 aliphatic heterocycles. The molecule has 0 fully saturated rings. The monoisotopic (exact) mass is 545 g/mol. The number of benzene rings is 1. The second kappa shape index (κ2) is 15.7. The summed E-state index contributed by atoms with van der Waals surface area (Å²) in [5.41, 5.74) is 3.41. The van der Waals surface area contributed by atoms with Gasteiger partial charge in [0.15, 0.2) is 0 Å². The summed E-state index contributed by atoms with van der Waals surface area (Å²) >= 11 is 6.73. The first kappa shape index (κ1) is 27.0. The Morgan fingerprint density at radius 3 is 2.33 bits per heavy atom. The molecule has 170 valence electrons. The number of oxime groups is 1. The molecule has 0 heterocycles.